The van der Waals surface area contributed by atoms with Crippen molar-refractivity contribution in [1.82, 2.24) is 10.2 Å². The number of carboxylic acids is 1. The molecule has 0 aromatic heterocycles. The van der Waals surface area contributed by atoms with Crippen LogP contribution in [0, 0.1) is 11.8 Å². The van der Waals surface area contributed by atoms with Gasteiger partial charge < -0.3 is 10.4 Å². The number of nitrogens with zero attached hydrogens (tertiary/aromatic N) is 1. The summed E-state index contributed by atoms with van der Waals surface area (Å²) in [6, 6.07) is 12.5. The quantitative estimate of drug-likeness (QED) is 0.713. The van der Waals surface area contributed by atoms with Gasteiger partial charge in [0, 0.05) is 24.7 Å². The van der Waals surface area contributed by atoms with Crippen molar-refractivity contribution in [3.63, 3.8) is 0 Å². The van der Waals surface area contributed by atoms with E-state index in [1.165, 1.54) is 44.1 Å². The van der Waals surface area contributed by atoms with Crippen LogP contribution in [0.5, 0.6) is 0 Å². The van der Waals surface area contributed by atoms with E-state index < -0.39 is 5.97 Å². The molecule has 4 rings (SSSR count). The van der Waals surface area contributed by atoms with E-state index in [2.05, 4.69) is 40.5 Å². The summed E-state index contributed by atoms with van der Waals surface area (Å²) in [6.07, 6.45) is 9.94. The number of aliphatic carboxylic acids is 1. The molecule has 3 aliphatic carbocycles. The Morgan fingerprint density at radius 1 is 1.12 bits per heavy atom. The molecule has 4 nitrogen and oxygen atoms in total. The van der Waals surface area contributed by atoms with Crippen LogP contribution in [-0.4, -0.2) is 47.2 Å². The summed E-state index contributed by atoms with van der Waals surface area (Å²) in [4.78, 5) is 13.4. The van der Waals surface area contributed by atoms with Gasteiger partial charge in [0.1, 0.15) is 0 Å². The molecule has 1 aromatic rings. The largest absolute Gasteiger partial charge is 0.480 e. The van der Waals surface area contributed by atoms with Crippen LogP contribution in [0.2, 0.25) is 0 Å². The predicted molar refractivity (Wildman–Crippen MR) is 103 cm³/mol. The molecule has 142 valence electrons. The first-order valence-corrected chi connectivity index (χ1v) is 10.4. The van der Waals surface area contributed by atoms with Crippen LogP contribution in [0.4, 0.5) is 0 Å². The molecule has 3 fully saturated rings. The van der Waals surface area contributed by atoms with E-state index in [1.54, 1.807) is 0 Å². The molecular formula is C22H32N2O2. The van der Waals surface area contributed by atoms with E-state index in [0.717, 1.165) is 31.2 Å². The average Bonchev–Trinajstić information content (AvgIpc) is 3.29. The lowest BCUT2D eigenvalue weighted by Gasteiger charge is -2.44. The smallest absolute Gasteiger partial charge is 0.317 e. The first-order chi connectivity index (χ1) is 12.7. The predicted octanol–water partition coefficient (Wildman–Crippen LogP) is 3.32. The number of hydrogen-bond donors (Lipinski definition) is 2. The van der Waals surface area contributed by atoms with Gasteiger partial charge in [0.25, 0.3) is 0 Å². The zero-order valence-electron chi connectivity index (χ0n) is 15.6. The monoisotopic (exact) mass is 356 g/mol. The summed E-state index contributed by atoms with van der Waals surface area (Å²) in [5.41, 5.74) is 1.45. The van der Waals surface area contributed by atoms with Gasteiger partial charge in [0.05, 0.1) is 6.54 Å². The highest BCUT2D eigenvalue weighted by Gasteiger charge is 2.39. The summed E-state index contributed by atoms with van der Waals surface area (Å²) in [5, 5.41) is 13.1. The molecule has 3 saturated carbocycles. The summed E-state index contributed by atoms with van der Waals surface area (Å²) < 4.78 is 0. The maximum absolute atomic E-state index is 11.2. The Balaban J connectivity index is 1.25. The second kappa shape index (κ2) is 8.10. The summed E-state index contributed by atoms with van der Waals surface area (Å²) in [5.74, 6) is 0.824. The van der Waals surface area contributed by atoms with Crippen LogP contribution < -0.4 is 5.32 Å². The molecule has 0 radical (unpaired) electrons. The van der Waals surface area contributed by atoms with Crippen molar-refractivity contribution >= 4 is 5.97 Å². The maximum atomic E-state index is 11.2. The van der Waals surface area contributed by atoms with Crippen molar-refractivity contribution in [3.8, 4) is 0 Å². The van der Waals surface area contributed by atoms with Crippen LogP contribution >= 0.6 is 0 Å². The molecule has 1 aromatic carbocycles. The summed E-state index contributed by atoms with van der Waals surface area (Å²) in [6.45, 7) is 1.21. The molecule has 4 heteroatoms. The van der Waals surface area contributed by atoms with E-state index >= 15 is 0 Å². The van der Waals surface area contributed by atoms with E-state index in [-0.39, 0.29) is 6.54 Å². The Kier molecular flexibility index (Phi) is 5.60. The average molecular weight is 357 g/mol. The minimum absolute atomic E-state index is 0.216. The van der Waals surface area contributed by atoms with Gasteiger partial charge in [-0.2, -0.15) is 0 Å². The highest BCUT2D eigenvalue weighted by atomic mass is 16.4. The van der Waals surface area contributed by atoms with Crippen LogP contribution in [-0.2, 0) is 11.2 Å². The minimum Gasteiger partial charge on any atom is -0.480 e. The number of nitrogens with one attached hydrogen (secondary N) is 1. The number of carbonyl (C=O) groups is 1. The molecule has 2 N–H and O–H groups in total. The molecule has 0 bridgehead atoms. The van der Waals surface area contributed by atoms with Crippen molar-refractivity contribution in [2.24, 2.45) is 11.8 Å². The number of benzene rings is 1. The van der Waals surface area contributed by atoms with Gasteiger partial charge >= 0.3 is 5.97 Å². The molecule has 0 spiro atoms. The first kappa shape index (κ1) is 18.0. The van der Waals surface area contributed by atoms with E-state index in [9.17, 15) is 9.90 Å². The van der Waals surface area contributed by atoms with Crippen LogP contribution in [0.3, 0.4) is 0 Å². The topological polar surface area (TPSA) is 52.6 Å². The third-order valence-corrected chi connectivity index (χ3v) is 6.61. The van der Waals surface area contributed by atoms with Crippen LogP contribution in [0.1, 0.15) is 50.5 Å². The summed E-state index contributed by atoms with van der Waals surface area (Å²) >= 11 is 0. The Bertz CT molecular complexity index is 595. The molecule has 26 heavy (non-hydrogen) atoms. The first-order valence-electron chi connectivity index (χ1n) is 10.4. The Morgan fingerprint density at radius 3 is 2.58 bits per heavy atom. The number of carboxylic acid groups (broad SMARTS) is 1. The van der Waals surface area contributed by atoms with Gasteiger partial charge in [-0.05, 0) is 62.3 Å². The Morgan fingerprint density at radius 2 is 1.88 bits per heavy atom. The molecule has 0 amide bonds. The molecule has 0 heterocycles. The van der Waals surface area contributed by atoms with Crippen LogP contribution in [0.15, 0.2) is 30.3 Å². The lowest BCUT2D eigenvalue weighted by Crippen LogP contribution is -2.56. The van der Waals surface area contributed by atoms with Crippen molar-refractivity contribution in [3.05, 3.63) is 35.9 Å². The zero-order chi connectivity index (χ0) is 17.9. The van der Waals surface area contributed by atoms with Gasteiger partial charge in [-0.15, -0.1) is 0 Å². The van der Waals surface area contributed by atoms with E-state index in [1.807, 2.05) is 0 Å². The molecule has 2 unspecified atom stereocenters. The SMILES string of the molecule is O=C(O)CN(CC1CC1)C1CC(NC2CCCC2Cc2ccccc2)C1. The third kappa shape index (κ3) is 4.66. The second-order valence-electron chi connectivity index (χ2n) is 8.74. The van der Waals surface area contributed by atoms with Crippen molar-refractivity contribution in [2.45, 2.75) is 69.5 Å². The lowest BCUT2D eigenvalue weighted by atomic mass is 9.83. The van der Waals surface area contributed by atoms with Gasteiger partial charge in [0.15, 0.2) is 0 Å². The number of rotatable bonds is 9. The van der Waals surface area contributed by atoms with E-state index in [0.29, 0.717) is 18.1 Å². The number of hydrogen-bond acceptors (Lipinski definition) is 3. The zero-order valence-corrected chi connectivity index (χ0v) is 15.6. The second-order valence-corrected chi connectivity index (χ2v) is 8.74. The summed E-state index contributed by atoms with van der Waals surface area (Å²) in [7, 11) is 0. The fourth-order valence-corrected chi connectivity index (χ4v) is 4.89. The van der Waals surface area contributed by atoms with Crippen LogP contribution in [0.25, 0.3) is 0 Å². The lowest BCUT2D eigenvalue weighted by molar-refractivity contribution is -0.139. The Hall–Kier alpha value is -1.39. The fourth-order valence-electron chi connectivity index (χ4n) is 4.89. The van der Waals surface area contributed by atoms with Gasteiger partial charge in [-0.3, -0.25) is 9.69 Å². The fraction of sp³-hybridized carbons (Fsp3) is 0.682. The highest BCUT2D eigenvalue weighted by Crippen LogP contribution is 2.35. The standard InChI is InChI=1S/C22H32N2O2/c25-22(26)15-24(14-17-9-10-17)20-12-19(13-20)23-21-8-4-7-18(21)11-16-5-2-1-3-6-16/h1-3,5-6,17-21,23H,4,7-15H2,(H,25,26). The minimum atomic E-state index is -0.680. The van der Waals surface area contributed by atoms with Gasteiger partial charge in [0.2, 0.25) is 0 Å². The third-order valence-electron chi connectivity index (χ3n) is 6.61. The normalized spacial score (nSPS) is 31.1. The van der Waals surface area contributed by atoms with Crippen molar-refractivity contribution < 1.29 is 9.90 Å². The van der Waals surface area contributed by atoms with E-state index in [4.69, 9.17) is 0 Å². The van der Waals surface area contributed by atoms with Gasteiger partial charge in [-0.25, -0.2) is 0 Å². The maximum Gasteiger partial charge on any atom is 0.317 e. The molecule has 0 aliphatic heterocycles. The van der Waals surface area contributed by atoms with Crippen molar-refractivity contribution in [1.29, 1.82) is 0 Å². The molecule has 2 atom stereocenters. The molecular weight excluding hydrogens is 324 g/mol. The van der Waals surface area contributed by atoms with Gasteiger partial charge in [-0.1, -0.05) is 36.8 Å². The Labute approximate surface area is 157 Å². The molecule has 3 aliphatic rings. The molecule has 0 saturated heterocycles. The van der Waals surface area contributed by atoms with Crippen molar-refractivity contribution in [2.75, 3.05) is 13.1 Å². The highest BCUT2D eigenvalue weighted by molar-refractivity contribution is 5.69.